The highest BCUT2D eigenvalue weighted by Gasteiger charge is 2.15. The highest BCUT2D eigenvalue weighted by atomic mass is 32.1. The van der Waals surface area contributed by atoms with Crippen molar-refractivity contribution in [2.24, 2.45) is 5.73 Å². The van der Waals surface area contributed by atoms with Crippen LogP contribution in [0.4, 0.5) is 10.8 Å². The third-order valence-electron chi connectivity index (χ3n) is 1.59. The Labute approximate surface area is 85.1 Å². The minimum absolute atomic E-state index is 0.0905. The fraction of sp³-hybridized carbons (Fsp3) is 0.429. The van der Waals surface area contributed by atoms with Crippen LogP contribution in [0.25, 0.3) is 0 Å². The second-order valence-electron chi connectivity index (χ2n) is 2.64. The van der Waals surface area contributed by atoms with Gasteiger partial charge in [0.25, 0.3) is 5.91 Å². The van der Waals surface area contributed by atoms with Gasteiger partial charge < -0.3 is 21.9 Å². The number of aliphatic hydroxyl groups is 1. The first-order valence-electron chi connectivity index (χ1n) is 4.06. The highest BCUT2D eigenvalue weighted by molar-refractivity contribution is 7.11. The lowest BCUT2D eigenvalue weighted by atomic mass is 10.3. The molecule has 0 unspecified atom stereocenters. The number of amides is 1. The van der Waals surface area contributed by atoms with Crippen molar-refractivity contribution < 1.29 is 9.90 Å². The number of hydrogen-bond acceptors (Lipinski definition) is 6. The summed E-state index contributed by atoms with van der Waals surface area (Å²) in [6.07, 6.45) is 0.593. The molecule has 0 aliphatic heterocycles. The Morgan fingerprint density at radius 2 is 2.36 bits per heavy atom. The molecule has 7 heteroatoms. The van der Waals surface area contributed by atoms with Crippen LogP contribution in [0.1, 0.15) is 16.8 Å². The van der Waals surface area contributed by atoms with Gasteiger partial charge in [-0.3, -0.25) is 4.79 Å². The number of anilines is 2. The van der Waals surface area contributed by atoms with Gasteiger partial charge in [-0.15, -0.1) is 0 Å². The topological polar surface area (TPSA) is 114 Å². The van der Waals surface area contributed by atoms with Crippen molar-refractivity contribution in [2.75, 3.05) is 24.2 Å². The Morgan fingerprint density at radius 3 is 2.93 bits per heavy atom. The van der Waals surface area contributed by atoms with Crippen LogP contribution in [0.15, 0.2) is 0 Å². The molecular weight excluding hydrogens is 204 g/mol. The molecule has 0 saturated heterocycles. The van der Waals surface area contributed by atoms with Gasteiger partial charge in [-0.2, -0.15) is 4.37 Å². The molecule has 78 valence electrons. The molecule has 1 aromatic rings. The average molecular weight is 216 g/mol. The van der Waals surface area contributed by atoms with Crippen LogP contribution in [0.3, 0.4) is 0 Å². The number of nitrogens with one attached hydrogen (secondary N) is 1. The Kier molecular flexibility index (Phi) is 3.66. The monoisotopic (exact) mass is 216 g/mol. The first kappa shape index (κ1) is 10.7. The number of rotatable bonds is 5. The molecular formula is C7H12N4O2S. The number of nitrogens with zero attached hydrogens (tertiary/aromatic N) is 1. The molecule has 0 aromatic carbocycles. The van der Waals surface area contributed by atoms with Crippen LogP contribution in [0, 0.1) is 0 Å². The smallest absolute Gasteiger partial charge is 0.255 e. The van der Waals surface area contributed by atoms with Crippen LogP contribution in [-0.2, 0) is 0 Å². The summed E-state index contributed by atoms with van der Waals surface area (Å²) in [5.41, 5.74) is 10.8. The molecule has 0 aliphatic rings. The lowest BCUT2D eigenvalue weighted by molar-refractivity contribution is 0.100. The molecule has 1 aromatic heterocycles. The van der Waals surface area contributed by atoms with Crippen molar-refractivity contribution in [1.82, 2.24) is 4.37 Å². The number of nitrogens with two attached hydrogens (primary N) is 2. The van der Waals surface area contributed by atoms with Crippen molar-refractivity contribution in [3.05, 3.63) is 5.56 Å². The summed E-state index contributed by atoms with van der Waals surface area (Å²) in [6, 6.07) is 0. The Bertz CT molecular complexity index is 325. The van der Waals surface area contributed by atoms with Gasteiger partial charge >= 0.3 is 0 Å². The summed E-state index contributed by atoms with van der Waals surface area (Å²) in [5.74, 6) is -0.447. The van der Waals surface area contributed by atoms with Gasteiger partial charge in [-0.05, 0) is 18.0 Å². The summed E-state index contributed by atoms with van der Waals surface area (Å²) in [7, 11) is 0. The van der Waals surface area contributed by atoms with Gasteiger partial charge in [0.1, 0.15) is 10.6 Å². The molecule has 1 rings (SSSR count). The maximum atomic E-state index is 11.0. The maximum Gasteiger partial charge on any atom is 0.255 e. The number of nitrogen functional groups attached to an aromatic ring is 1. The number of carbonyl (C=O) groups is 1. The third-order valence-corrected chi connectivity index (χ3v) is 2.40. The van der Waals surface area contributed by atoms with E-state index in [1.807, 2.05) is 0 Å². The molecule has 0 radical (unpaired) electrons. The lowest BCUT2D eigenvalue weighted by Gasteiger charge is -2.02. The van der Waals surface area contributed by atoms with Crippen LogP contribution >= 0.6 is 11.5 Å². The number of hydrogen-bond donors (Lipinski definition) is 4. The third kappa shape index (κ3) is 2.33. The fourth-order valence-electron chi connectivity index (χ4n) is 0.942. The predicted molar refractivity (Wildman–Crippen MR) is 55.2 cm³/mol. The highest BCUT2D eigenvalue weighted by Crippen LogP contribution is 2.25. The number of aliphatic hydroxyl groups excluding tert-OH is 1. The van der Waals surface area contributed by atoms with Crippen molar-refractivity contribution in [3.8, 4) is 0 Å². The van der Waals surface area contributed by atoms with E-state index in [9.17, 15) is 4.79 Å². The molecule has 14 heavy (non-hydrogen) atoms. The van der Waals surface area contributed by atoms with Gasteiger partial charge in [0, 0.05) is 13.2 Å². The average Bonchev–Trinajstić information content (AvgIpc) is 2.47. The normalized spacial score (nSPS) is 10.1. The van der Waals surface area contributed by atoms with E-state index in [0.717, 1.165) is 11.5 Å². The second kappa shape index (κ2) is 4.77. The van der Waals surface area contributed by atoms with E-state index in [4.69, 9.17) is 16.6 Å². The Morgan fingerprint density at radius 1 is 1.64 bits per heavy atom. The molecule has 0 fully saturated rings. The quantitative estimate of drug-likeness (QED) is 0.501. The second-order valence-corrected chi connectivity index (χ2v) is 3.41. The van der Waals surface area contributed by atoms with E-state index < -0.39 is 5.91 Å². The van der Waals surface area contributed by atoms with Gasteiger partial charge in [0.2, 0.25) is 0 Å². The van der Waals surface area contributed by atoms with E-state index in [1.165, 1.54) is 0 Å². The molecule has 0 aliphatic carbocycles. The summed E-state index contributed by atoms with van der Waals surface area (Å²) in [4.78, 5) is 11.0. The summed E-state index contributed by atoms with van der Waals surface area (Å²) < 4.78 is 3.81. The zero-order valence-corrected chi connectivity index (χ0v) is 8.30. The van der Waals surface area contributed by atoms with Crippen LogP contribution in [0.5, 0.6) is 0 Å². The van der Waals surface area contributed by atoms with Crippen molar-refractivity contribution >= 4 is 28.3 Å². The number of primary amides is 1. The van der Waals surface area contributed by atoms with E-state index in [-0.39, 0.29) is 18.0 Å². The minimum atomic E-state index is -0.595. The van der Waals surface area contributed by atoms with Gasteiger partial charge in [-0.25, -0.2) is 0 Å². The van der Waals surface area contributed by atoms with E-state index in [0.29, 0.717) is 18.0 Å². The van der Waals surface area contributed by atoms with Crippen molar-refractivity contribution in [2.45, 2.75) is 6.42 Å². The summed E-state index contributed by atoms with van der Waals surface area (Å²) in [5, 5.41) is 12.0. The summed E-state index contributed by atoms with van der Waals surface area (Å²) in [6.45, 7) is 0.644. The molecule has 1 amide bonds. The number of aromatic nitrogens is 1. The largest absolute Gasteiger partial charge is 0.396 e. The zero-order valence-electron chi connectivity index (χ0n) is 7.49. The minimum Gasteiger partial charge on any atom is -0.396 e. The molecule has 0 spiro atoms. The molecule has 0 bridgehead atoms. The van der Waals surface area contributed by atoms with Crippen molar-refractivity contribution in [1.29, 1.82) is 0 Å². The molecule has 6 N–H and O–H groups in total. The van der Waals surface area contributed by atoms with E-state index >= 15 is 0 Å². The fourth-order valence-corrected chi connectivity index (χ4v) is 1.69. The lowest BCUT2D eigenvalue weighted by Crippen LogP contribution is -2.15. The first-order valence-corrected chi connectivity index (χ1v) is 4.83. The molecule has 6 nitrogen and oxygen atoms in total. The Balaban J connectivity index is 2.71. The van der Waals surface area contributed by atoms with Gasteiger partial charge in [0.15, 0.2) is 5.82 Å². The SMILES string of the molecule is NC(=O)c1c(N)nsc1NCCCO. The number of carbonyl (C=O) groups excluding carboxylic acids is 1. The molecule has 1 heterocycles. The Hall–Kier alpha value is -1.34. The van der Waals surface area contributed by atoms with Crippen LogP contribution in [-0.4, -0.2) is 28.5 Å². The predicted octanol–water partition coefficient (Wildman–Crippen LogP) is -0.382. The van der Waals surface area contributed by atoms with E-state index in [1.54, 1.807) is 0 Å². The summed E-state index contributed by atoms with van der Waals surface area (Å²) >= 11 is 1.09. The maximum absolute atomic E-state index is 11.0. The molecule has 0 atom stereocenters. The van der Waals surface area contributed by atoms with Gasteiger partial charge in [0.05, 0.1) is 0 Å². The van der Waals surface area contributed by atoms with Crippen molar-refractivity contribution in [3.63, 3.8) is 0 Å². The standard InChI is InChI=1S/C7H12N4O2S/c8-5-4(6(9)13)7(14-11-5)10-2-1-3-12/h10,12H,1-3H2,(H2,8,11)(H2,9,13). The van der Waals surface area contributed by atoms with Gasteiger partial charge in [-0.1, -0.05) is 0 Å². The zero-order chi connectivity index (χ0) is 10.6. The van der Waals surface area contributed by atoms with Crippen LogP contribution in [0.2, 0.25) is 0 Å². The van der Waals surface area contributed by atoms with Crippen LogP contribution < -0.4 is 16.8 Å². The van der Waals surface area contributed by atoms with E-state index in [2.05, 4.69) is 9.69 Å². The first-order chi connectivity index (χ1) is 6.66. The molecule has 0 saturated carbocycles.